The highest BCUT2D eigenvalue weighted by Gasteiger charge is 2.11. The molecule has 0 atom stereocenters. The monoisotopic (exact) mass is 386 g/mol. The minimum atomic E-state index is -0.394. The van der Waals surface area contributed by atoms with Crippen LogP contribution in [0, 0.1) is 5.82 Å². The van der Waals surface area contributed by atoms with Gasteiger partial charge in [0, 0.05) is 22.9 Å². The average molecular weight is 387 g/mol. The number of nitrogens with zero attached hydrogens (tertiary/aromatic N) is 1. The van der Waals surface area contributed by atoms with Crippen LogP contribution < -0.4 is 10.1 Å². The highest BCUT2D eigenvalue weighted by Crippen LogP contribution is 2.30. The molecule has 1 heterocycles. The van der Waals surface area contributed by atoms with Crippen LogP contribution in [0.1, 0.15) is 10.4 Å². The summed E-state index contributed by atoms with van der Waals surface area (Å²) in [7, 11) is 0. The van der Waals surface area contributed by atoms with Gasteiger partial charge in [0.05, 0.1) is 11.3 Å². The maximum absolute atomic E-state index is 13.3. The Hall–Kier alpha value is -2.73. The van der Waals surface area contributed by atoms with Crippen LogP contribution in [0.5, 0.6) is 11.5 Å². The van der Waals surface area contributed by atoms with Crippen molar-refractivity contribution in [3.63, 3.8) is 0 Å². The molecule has 6 heteroatoms. The molecule has 0 aliphatic rings. The second-order valence-electron chi connectivity index (χ2n) is 4.90. The number of rotatable bonds is 4. The number of halogens is 2. The van der Waals surface area contributed by atoms with E-state index in [9.17, 15) is 9.18 Å². The Morgan fingerprint density at radius 2 is 1.92 bits per heavy atom. The van der Waals surface area contributed by atoms with Crippen LogP contribution in [0.2, 0.25) is 0 Å². The molecular formula is C18H12BrFN2O2. The molecule has 0 spiro atoms. The van der Waals surface area contributed by atoms with Gasteiger partial charge in [-0.2, -0.15) is 0 Å². The van der Waals surface area contributed by atoms with E-state index >= 15 is 0 Å². The van der Waals surface area contributed by atoms with Crippen LogP contribution in [-0.4, -0.2) is 10.9 Å². The Bertz CT molecular complexity index is 886. The topological polar surface area (TPSA) is 51.2 Å². The predicted octanol–water partition coefficient (Wildman–Crippen LogP) is 5.03. The lowest BCUT2D eigenvalue weighted by molar-refractivity contribution is 0.102. The Labute approximate surface area is 146 Å². The van der Waals surface area contributed by atoms with E-state index in [0.29, 0.717) is 27.2 Å². The SMILES string of the molecule is O=C(Nc1ccccc1Oc1cccc(F)c1)c1cncc(Br)c1. The molecule has 120 valence electrons. The zero-order valence-electron chi connectivity index (χ0n) is 12.4. The van der Waals surface area contributed by atoms with E-state index in [1.54, 1.807) is 48.7 Å². The van der Waals surface area contributed by atoms with Crippen LogP contribution in [0.15, 0.2) is 71.5 Å². The zero-order valence-corrected chi connectivity index (χ0v) is 14.0. The Morgan fingerprint density at radius 3 is 2.71 bits per heavy atom. The van der Waals surface area contributed by atoms with Crippen molar-refractivity contribution >= 4 is 27.5 Å². The number of nitrogens with one attached hydrogen (secondary N) is 1. The number of hydrogen-bond acceptors (Lipinski definition) is 3. The number of hydrogen-bond donors (Lipinski definition) is 1. The smallest absolute Gasteiger partial charge is 0.257 e. The molecule has 0 radical (unpaired) electrons. The van der Waals surface area contributed by atoms with Crippen molar-refractivity contribution in [3.8, 4) is 11.5 Å². The molecule has 0 aliphatic heterocycles. The van der Waals surface area contributed by atoms with Crippen LogP contribution >= 0.6 is 15.9 Å². The summed E-state index contributed by atoms with van der Waals surface area (Å²) in [6, 6.07) is 14.4. The van der Waals surface area contributed by atoms with Crippen LogP contribution in [0.4, 0.5) is 10.1 Å². The van der Waals surface area contributed by atoms with Gasteiger partial charge in [-0.1, -0.05) is 18.2 Å². The van der Waals surface area contributed by atoms with Crippen molar-refractivity contribution in [1.82, 2.24) is 4.98 Å². The van der Waals surface area contributed by atoms with Crippen LogP contribution in [-0.2, 0) is 0 Å². The van der Waals surface area contributed by atoms with Crippen molar-refractivity contribution in [3.05, 3.63) is 82.8 Å². The third-order valence-corrected chi connectivity index (χ3v) is 3.56. The third kappa shape index (κ3) is 3.97. The van der Waals surface area contributed by atoms with Gasteiger partial charge >= 0.3 is 0 Å². The molecule has 1 N–H and O–H groups in total. The molecule has 0 saturated heterocycles. The fourth-order valence-corrected chi connectivity index (χ4v) is 2.41. The van der Waals surface area contributed by atoms with Crippen LogP contribution in [0.3, 0.4) is 0 Å². The number of para-hydroxylation sites is 2. The second kappa shape index (κ2) is 7.23. The number of ether oxygens (including phenoxy) is 1. The van der Waals surface area contributed by atoms with Gasteiger partial charge in [0.15, 0.2) is 5.75 Å². The minimum absolute atomic E-state index is 0.320. The van der Waals surface area contributed by atoms with Crippen molar-refractivity contribution in [2.24, 2.45) is 0 Å². The summed E-state index contributed by atoms with van der Waals surface area (Å²) >= 11 is 3.28. The highest BCUT2D eigenvalue weighted by atomic mass is 79.9. The first kappa shape index (κ1) is 16.1. The van der Waals surface area contributed by atoms with Crippen LogP contribution in [0.25, 0.3) is 0 Å². The van der Waals surface area contributed by atoms with Crippen molar-refractivity contribution in [1.29, 1.82) is 0 Å². The standard InChI is InChI=1S/C18H12BrFN2O2/c19-13-8-12(10-21-11-13)18(23)22-16-6-1-2-7-17(16)24-15-5-3-4-14(20)9-15/h1-11H,(H,22,23). The van der Waals surface area contributed by atoms with Gasteiger partial charge in [-0.15, -0.1) is 0 Å². The normalized spacial score (nSPS) is 10.2. The first-order chi connectivity index (χ1) is 11.6. The lowest BCUT2D eigenvalue weighted by atomic mass is 10.2. The number of pyridine rings is 1. The van der Waals surface area contributed by atoms with Gasteiger partial charge in [-0.05, 0) is 46.3 Å². The second-order valence-corrected chi connectivity index (χ2v) is 5.82. The summed E-state index contributed by atoms with van der Waals surface area (Å²) in [4.78, 5) is 16.3. The first-order valence-corrected chi connectivity index (χ1v) is 7.85. The summed E-state index contributed by atoms with van der Waals surface area (Å²) in [5.74, 6) is 0.0496. The van der Waals surface area contributed by atoms with Gasteiger partial charge in [0.1, 0.15) is 11.6 Å². The molecule has 3 rings (SSSR count). The summed E-state index contributed by atoms with van der Waals surface area (Å²) < 4.78 is 19.7. The fraction of sp³-hybridized carbons (Fsp3) is 0. The van der Waals surface area contributed by atoms with Crippen molar-refractivity contribution in [2.45, 2.75) is 0 Å². The molecule has 3 aromatic rings. The van der Waals surface area contributed by atoms with E-state index < -0.39 is 5.82 Å². The fourth-order valence-electron chi connectivity index (χ4n) is 2.05. The molecule has 0 fully saturated rings. The molecule has 24 heavy (non-hydrogen) atoms. The molecule has 0 unspecified atom stereocenters. The predicted molar refractivity (Wildman–Crippen MR) is 92.8 cm³/mol. The van der Waals surface area contributed by atoms with Gasteiger partial charge in [-0.25, -0.2) is 4.39 Å². The Morgan fingerprint density at radius 1 is 1.08 bits per heavy atom. The molecule has 2 aromatic carbocycles. The summed E-state index contributed by atoms with van der Waals surface area (Å²) in [6.07, 6.45) is 3.06. The van der Waals surface area contributed by atoms with E-state index in [-0.39, 0.29) is 5.91 Å². The summed E-state index contributed by atoms with van der Waals surface area (Å²) in [5, 5.41) is 2.77. The average Bonchev–Trinajstić information content (AvgIpc) is 2.57. The molecule has 0 aliphatic carbocycles. The summed E-state index contributed by atoms with van der Waals surface area (Å²) in [6.45, 7) is 0. The summed E-state index contributed by atoms with van der Waals surface area (Å²) in [5.41, 5.74) is 0.886. The van der Waals surface area contributed by atoms with Gasteiger partial charge in [-0.3, -0.25) is 9.78 Å². The van der Waals surface area contributed by atoms with Gasteiger partial charge < -0.3 is 10.1 Å². The number of benzene rings is 2. The van der Waals surface area contributed by atoms with E-state index in [1.165, 1.54) is 18.3 Å². The maximum atomic E-state index is 13.3. The number of aromatic nitrogens is 1. The quantitative estimate of drug-likeness (QED) is 0.684. The zero-order chi connectivity index (χ0) is 16.9. The molecular weight excluding hydrogens is 375 g/mol. The van der Waals surface area contributed by atoms with Gasteiger partial charge in [0.25, 0.3) is 5.91 Å². The minimum Gasteiger partial charge on any atom is -0.455 e. The van der Waals surface area contributed by atoms with Crippen molar-refractivity contribution < 1.29 is 13.9 Å². The number of carbonyl (C=O) groups excluding carboxylic acids is 1. The van der Waals surface area contributed by atoms with E-state index in [2.05, 4.69) is 26.2 Å². The Balaban J connectivity index is 1.83. The van der Waals surface area contributed by atoms with E-state index in [0.717, 1.165) is 0 Å². The molecule has 4 nitrogen and oxygen atoms in total. The number of amides is 1. The van der Waals surface area contributed by atoms with Gasteiger partial charge in [0.2, 0.25) is 0 Å². The molecule has 0 saturated carbocycles. The number of carbonyl (C=O) groups is 1. The molecule has 1 amide bonds. The lowest BCUT2D eigenvalue weighted by Gasteiger charge is -2.12. The highest BCUT2D eigenvalue weighted by molar-refractivity contribution is 9.10. The number of anilines is 1. The third-order valence-electron chi connectivity index (χ3n) is 3.13. The largest absolute Gasteiger partial charge is 0.455 e. The first-order valence-electron chi connectivity index (χ1n) is 7.06. The van der Waals surface area contributed by atoms with E-state index in [1.807, 2.05) is 0 Å². The maximum Gasteiger partial charge on any atom is 0.257 e. The molecule has 0 bridgehead atoms. The lowest BCUT2D eigenvalue weighted by Crippen LogP contribution is -2.12. The Kier molecular flexibility index (Phi) is 4.86. The van der Waals surface area contributed by atoms with E-state index in [4.69, 9.17) is 4.74 Å². The van der Waals surface area contributed by atoms with Crippen molar-refractivity contribution in [2.75, 3.05) is 5.32 Å². The molecule has 1 aromatic heterocycles.